The lowest BCUT2D eigenvalue weighted by Crippen LogP contribution is -2.52. The molecule has 7 heteroatoms. The highest BCUT2D eigenvalue weighted by Crippen LogP contribution is 2.20. The molecule has 0 bridgehead atoms. The smallest absolute Gasteiger partial charge is 0.246 e. The quantitative estimate of drug-likeness (QED) is 0.749. The van der Waals surface area contributed by atoms with Gasteiger partial charge in [-0.3, -0.25) is 5.10 Å². The van der Waals surface area contributed by atoms with Crippen LogP contribution in [0.5, 0.6) is 0 Å². The summed E-state index contributed by atoms with van der Waals surface area (Å²) in [5.74, 6) is 0. The number of sulfonamides is 1. The van der Waals surface area contributed by atoms with Gasteiger partial charge in [-0.05, 0) is 13.8 Å². The topological polar surface area (TPSA) is 78.1 Å². The van der Waals surface area contributed by atoms with Crippen LogP contribution in [0.1, 0.15) is 12.6 Å². The van der Waals surface area contributed by atoms with E-state index in [1.807, 2.05) is 6.92 Å². The molecule has 1 saturated heterocycles. The summed E-state index contributed by atoms with van der Waals surface area (Å²) in [6.45, 7) is 5.51. The van der Waals surface area contributed by atoms with Crippen molar-refractivity contribution >= 4 is 10.0 Å². The predicted octanol–water partition coefficient (Wildman–Crippen LogP) is -0.299. The Hall–Kier alpha value is -0.920. The van der Waals surface area contributed by atoms with Gasteiger partial charge in [0.05, 0.1) is 11.9 Å². The summed E-state index contributed by atoms with van der Waals surface area (Å²) in [7, 11) is -3.40. The number of aromatic amines is 1. The second-order valence-electron chi connectivity index (χ2n) is 4.03. The number of H-pyrrole nitrogens is 1. The molecule has 2 heterocycles. The molecule has 0 aromatic carbocycles. The Morgan fingerprint density at radius 1 is 1.56 bits per heavy atom. The first kappa shape index (κ1) is 11.6. The van der Waals surface area contributed by atoms with Gasteiger partial charge >= 0.3 is 0 Å². The molecule has 1 fully saturated rings. The third kappa shape index (κ3) is 1.85. The Morgan fingerprint density at radius 2 is 2.31 bits per heavy atom. The molecule has 1 aliphatic heterocycles. The van der Waals surface area contributed by atoms with Gasteiger partial charge in [-0.1, -0.05) is 0 Å². The maximum absolute atomic E-state index is 12.3. The van der Waals surface area contributed by atoms with Gasteiger partial charge in [-0.25, -0.2) is 8.42 Å². The molecule has 0 amide bonds. The van der Waals surface area contributed by atoms with E-state index in [0.29, 0.717) is 25.3 Å². The van der Waals surface area contributed by atoms with E-state index in [-0.39, 0.29) is 10.9 Å². The first-order valence-electron chi connectivity index (χ1n) is 5.26. The van der Waals surface area contributed by atoms with E-state index in [2.05, 4.69) is 15.5 Å². The minimum atomic E-state index is -3.40. The van der Waals surface area contributed by atoms with Gasteiger partial charge in [-0.15, -0.1) is 0 Å². The first-order chi connectivity index (χ1) is 7.53. The summed E-state index contributed by atoms with van der Waals surface area (Å²) in [6.07, 6.45) is 1.37. The SMILES string of the molecule is Cc1[nH]ncc1S(=O)(=O)N1CCNCC1C. The molecule has 0 radical (unpaired) electrons. The van der Waals surface area contributed by atoms with E-state index in [1.165, 1.54) is 10.5 Å². The van der Waals surface area contributed by atoms with E-state index >= 15 is 0 Å². The molecule has 2 rings (SSSR count). The van der Waals surface area contributed by atoms with Crippen LogP contribution in [0.3, 0.4) is 0 Å². The molecule has 16 heavy (non-hydrogen) atoms. The summed E-state index contributed by atoms with van der Waals surface area (Å²) in [5.41, 5.74) is 0.589. The van der Waals surface area contributed by atoms with Gasteiger partial charge in [0.25, 0.3) is 0 Å². The number of hydrogen-bond donors (Lipinski definition) is 2. The molecular weight excluding hydrogens is 228 g/mol. The number of piperazine rings is 1. The van der Waals surface area contributed by atoms with Gasteiger partial charge in [-0.2, -0.15) is 9.40 Å². The summed E-state index contributed by atoms with van der Waals surface area (Å²) in [5, 5.41) is 9.59. The van der Waals surface area contributed by atoms with E-state index in [0.717, 1.165) is 0 Å². The Bertz CT molecular complexity index is 468. The zero-order chi connectivity index (χ0) is 11.8. The van der Waals surface area contributed by atoms with Crippen molar-refractivity contribution in [3.05, 3.63) is 11.9 Å². The largest absolute Gasteiger partial charge is 0.314 e. The lowest BCUT2D eigenvalue weighted by molar-refractivity contribution is 0.284. The maximum atomic E-state index is 12.3. The Morgan fingerprint density at radius 3 is 2.88 bits per heavy atom. The van der Waals surface area contributed by atoms with Crippen LogP contribution in [0.4, 0.5) is 0 Å². The highest BCUT2D eigenvalue weighted by Gasteiger charge is 2.32. The fraction of sp³-hybridized carbons (Fsp3) is 0.667. The molecule has 1 aliphatic rings. The van der Waals surface area contributed by atoms with Gasteiger partial charge in [0, 0.05) is 25.7 Å². The zero-order valence-corrected chi connectivity index (χ0v) is 10.2. The average Bonchev–Trinajstić information content (AvgIpc) is 2.65. The van der Waals surface area contributed by atoms with Crippen LogP contribution < -0.4 is 5.32 Å². The number of hydrogen-bond acceptors (Lipinski definition) is 4. The van der Waals surface area contributed by atoms with Gasteiger partial charge < -0.3 is 5.32 Å². The van der Waals surface area contributed by atoms with Crippen molar-refractivity contribution in [3.8, 4) is 0 Å². The van der Waals surface area contributed by atoms with Crippen LogP contribution in [0.15, 0.2) is 11.1 Å². The van der Waals surface area contributed by atoms with Crippen molar-refractivity contribution in [1.29, 1.82) is 0 Å². The third-order valence-electron chi connectivity index (χ3n) is 2.81. The summed E-state index contributed by atoms with van der Waals surface area (Å²) in [6, 6.07) is -0.0203. The molecule has 1 unspecified atom stereocenters. The minimum Gasteiger partial charge on any atom is -0.314 e. The fourth-order valence-corrected chi connectivity index (χ4v) is 3.66. The van der Waals surface area contributed by atoms with Crippen LogP contribution in [-0.4, -0.2) is 48.6 Å². The van der Waals surface area contributed by atoms with Gasteiger partial charge in [0.1, 0.15) is 4.90 Å². The molecule has 6 nitrogen and oxygen atoms in total. The molecule has 0 aliphatic carbocycles. The standard InChI is InChI=1S/C9H16N4O2S/c1-7-5-10-3-4-13(7)16(14,15)9-6-11-12-8(9)2/h6-7,10H,3-5H2,1-2H3,(H,11,12). The molecule has 0 spiro atoms. The number of nitrogens with zero attached hydrogens (tertiary/aromatic N) is 2. The number of aryl methyl sites for hydroxylation is 1. The van der Waals surface area contributed by atoms with E-state index < -0.39 is 10.0 Å². The number of aromatic nitrogens is 2. The molecular formula is C9H16N4O2S. The first-order valence-corrected chi connectivity index (χ1v) is 6.70. The normalized spacial score (nSPS) is 23.5. The van der Waals surface area contributed by atoms with Crippen molar-refractivity contribution in [2.75, 3.05) is 19.6 Å². The van der Waals surface area contributed by atoms with Crippen molar-refractivity contribution in [1.82, 2.24) is 19.8 Å². The van der Waals surface area contributed by atoms with E-state index in [9.17, 15) is 8.42 Å². The van der Waals surface area contributed by atoms with E-state index in [1.54, 1.807) is 6.92 Å². The lowest BCUT2D eigenvalue weighted by atomic mass is 10.3. The maximum Gasteiger partial charge on any atom is 0.246 e. The zero-order valence-electron chi connectivity index (χ0n) is 9.40. The average molecular weight is 244 g/mol. The van der Waals surface area contributed by atoms with Crippen molar-refractivity contribution in [3.63, 3.8) is 0 Å². The van der Waals surface area contributed by atoms with Gasteiger partial charge in [0.2, 0.25) is 10.0 Å². The van der Waals surface area contributed by atoms with Crippen LogP contribution in [-0.2, 0) is 10.0 Å². The molecule has 1 aromatic rings. The van der Waals surface area contributed by atoms with Crippen molar-refractivity contribution in [2.24, 2.45) is 0 Å². The third-order valence-corrected chi connectivity index (χ3v) is 4.94. The van der Waals surface area contributed by atoms with Gasteiger partial charge in [0.15, 0.2) is 0 Å². The summed E-state index contributed by atoms with van der Waals surface area (Å²) in [4.78, 5) is 0.279. The highest BCUT2D eigenvalue weighted by molar-refractivity contribution is 7.89. The number of nitrogens with one attached hydrogen (secondary N) is 2. The molecule has 1 aromatic heterocycles. The van der Waals surface area contributed by atoms with Crippen LogP contribution in [0, 0.1) is 6.92 Å². The Kier molecular flexibility index (Phi) is 3.00. The molecule has 2 N–H and O–H groups in total. The van der Waals surface area contributed by atoms with Crippen molar-refractivity contribution in [2.45, 2.75) is 24.8 Å². The summed E-state index contributed by atoms with van der Waals surface area (Å²) >= 11 is 0. The number of rotatable bonds is 2. The predicted molar refractivity (Wildman–Crippen MR) is 59.5 cm³/mol. The monoisotopic (exact) mass is 244 g/mol. The molecule has 90 valence electrons. The lowest BCUT2D eigenvalue weighted by Gasteiger charge is -2.32. The Labute approximate surface area is 95.1 Å². The minimum absolute atomic E-state index is 0.0203. The Balaban J connectivity index is 2.35. The van der Waals surface area contributed by atoms with Crippen LogP contribution in [0.25, 0.3) is 0 Å². The molecule has 0 saturated carbocycles. The fourth-order valence-electron chi connectivity index (χ4n) is 1.91. The summed E-state index contributed by atoms with van der Waals surface area (Å²) < 4.78 is 26.2. The molecule has 1 atom stereocenters. The van der Waals surface area contributed by atoms with Crippen molar-refractivity contribution < 1.29 is 8.42 Å². The second-order valence-corrected chi connectivity index (χ2v) is 5.89. The highest BCUT2D eigenvalue weighted by atomic mass is 32.2. The van der Waals surface area contributed by atoms with E-state index in [4.69, 9.17) is 0 Å². The van der Waals surface area contributed by atoms with Crippen LogP contribution >= 0.6 is 0 Å². The van der Waals surface area contributed by atoms with Crippen LogP contribution in [0.2, 0.25) is 0 Å². The second kappa shape index (κ2) is 4.15.